The summed E-state index contributed by atoms with van der Waals surface area (Å²) < 4.78 is 7.08. The minimum absolute atomic E-state index is 0. The quantitative estimate of drug-likeness (QED) is 0.570. The summed E-state index contributed by atoms with van der Waals surface area (Å²) >= 11 is 0. The molecule has 0 radical (unpaired) electrons. The minimum atomic E-state index is -0.0373. The van der Waals surface area contributed by atoms with E-state index in [1.807, 2.05) is 24.7 Å². The summed E-state index contributed by atoms with van der Waals surface area (Å²) in [6, 6.07) is 0. The van der Waals surface area contributed by atoms with Gasteiger partial charge in [-0.25, -0.2) is 4.98 Å². The van der Waals surface area contributed by atoms with E-state index >= 15 is 0 Å². The molecule has 2 atom stereocenters. The van der Waals surface area contributed by atoms with Crippen molar-refractivity contribution in [3.05, 3.63) is 18.2 Å². The molecule has 5 heteroatoms. The van der Waals surface area contributed by atoms with Gasteiger partial charge >= 0.3 is 43.7 Å². The van der Waals surface area contributed by atoms with Gasteiger partial charge in [0.25, 0.3) is 0 Å². The molecule has 0 N–H and O–H groups in total. The van der Waals surface area contributed by atoms with Crippen LogP contribution in [0.25, 0.3) is 0 Å². The van der Waals surface area contributed by atoms with Gasteiger partial charge in [0.05, 0.1) is 18.9 Å². The maximum atomic E-state index is 11.4. The second-order valence-electron chi connectivity index (χ2n) is 4.10. The molecule has 4 nitrogen and oxygen atoms in total. The number of aryl methyl sites for hydroxylation is 1. The van der Waals surface area contributed by atoms with Gasteiger partial charge in [0.2, 0.25) is 0 Å². The number of hydrogen-bond acceptors (Lipinski definition) is 3. The van der Waals surface area contributed by atoms with E-state index in [9.17, 15) is 4.79 Å². The van der Waals surface area contributed by atoms with E-state index in [0.29, 0.717) is 12.5 Å². The van der Waals surface area contributed by atoms with Crippen molar-refractivity contribution in [2.75, 3.05) is 6.61 Å². The van der Waals surface area contributed by atoms with Crippen LogP contribution in [0.15, 0.2) is 12.5 Å². The number of esters is 1. The summed E-state index contributed by atoms with van der Waals surface area (Å²) in [4.78, 5) is 15.5. The average Bonchev–Trinajstić information content (AvgIpc) is 2.76. The molecule has 16 heavy (non-hydrogen) atoms. The molecule has 1 aliphatic heterocycles. The SMILES string of the molecule is CC[C@@H]1C(=O)OC[C@@H]1Cc1cncn1C.[CaH2]. The number of rotatable bonds is 3. The Hall–Kier alpha value is -0.0603. The first kappa shape index (κ1) is 14.0. The number of imidazole rings is 1. The third-order valence-corrected chi connectivity index (χ3v) is 3.14. The fraction of sp³-hybridized carbons (Fsp3) is 0.636. The van der Waals surface area contributed by atoms with E-state index < -0.39 is 0 Å². The van der Waals surface area contributed by atoms with Crippen LogP contribution < -0.4 is 0 Å². The summed E-state index contributed by atoms with van der Waals surface area (Å²) in [5, 5.41) is 0. The van der Waals surface area contributed by atoms with Gasteiger partial charge in [-0.3, -0.25) is 4.79 Å². The molecule has 0 amide bonds. The molecule has 2 heterocycles. The summed E-state index contributed by atoms with van der Waals surface area (Å²) in [5.41, 5.74) is 1.16. The van der Waals surface area contributed by atoms with E-state index in [-0.39, 0.29) is 49.6 Å². The monoisotopic (exact) mass is 250 g/mol. The van der Waals surface area contributed by atoms with Crippen molar-refractivity contribution in [1.82, 2.24) is 9.55 Å². The van der Waals surface area contributed by atoms with Gasteiger partial charge in [-0.2, -0.15) is 0 Å². The van der Waals surface area contributed by atoms with E-state index in [4.69, 9.17) is 4.74 Å². The van der Waals surface area contributed by atoms with Crippen LogP contribution in [-0.4, -0.2) is 59.9 Å². The first-order valence-corrected chi connectivity index (χ1v) is 5.34. The Bertz CT molecular complexity index is 365. The number of cyclic esters (lactones) is 1. The molecule has 1 saturated heterocycles. The zero-order valence-corrected chi connectivity index (χ0v) is 9.14. The van der Waals surface area contributed by atoms with Gasteiger partial charge in [0, 0.05) is 24.9 Å². The molecule has 1 aliphatic rings. The third kappa shape index (κ3) is 2.79. The van der Waals surface area contributed by atoms with Gasteiger partial charge in [-0.1, -0.05) is 6.92 Å². The first-order chi connectivity index (χ1) is 7.22. The Balaban J connectivity index is 0.00000128. The molecule has 0 unspecified atom stereocenters. The molecule has 0 bridgehead atoms. The van der Waals surface area contributed by atoms with Crippen molar-refractivity contribution in [3.63, 3.8) is 0 Å². The third-order valence-electron chi connectivity index (χ3n) is 3.14. The van der Waals surface area contributed by atoms with Crippen LogP contribution in [0.4, 0.5) is 0 Å². The average molecular weight is 250 g/mol. The van der Waals surface area contributed by atoms with Crippen LogP contribution in [0.1, 0.15) is 19.0 Å². The van der Waals surface area contributed by atoms with E-state index in [1.54, 1.807) is 6.33 Å². The standard InChI is InChI=1S/C11H16N2O2.Ca.2H/c1-3-10-8(6-15-11(10)14)4-9-5-12-7-13(9)2;;;/h5,7-8,10H,3-4,6H2,1-2H3;;;/t8-,10-;;;/m0.../s1. The molecule has 0 aromatic carbocycles. The first-order valence-electron chi connectivity index (χ1n) is 5.34. The molecule has 0 aliphatic carbocycles. The summed E-state index contributed by atoms with van der Waals surface area (Å²) in [6.45, 7) is 2.59. The van der Waals surface area contributed by atoms with Crippen LogP contribution in [0.5, 0.6) is 0 Å². The molecular weight excluding hydrogens is 232 g/mol. The van der Waals surface area contributed by atoms with Crippen LogP contribution in [0.3, 0.4) is 0 Å². The fourth-order valence-electron chi connectivity index (χ4n) is 2.16. The van der Waals surface area contributed by atoms with E-state index in [1.165, 1.54) is 0 Å². The zero-order valence-electron chi connectivity index (χ0n) is 9.14. The van der Waals surface area contributed by atoms with E-state index in [0.717, 1.165) is 18.5 Å². The van der Waals surface area contributed by atoms with Gasteiger partial charge < -0.3 is 9.30 Å². The Kier molecular flexibility index (Phi) is 5.28. The van der Waals surface area contributed by atoms with Crippen molar-refractivity contribution in [2.24, 2.45) is 18.9 Å². The maximum absolute atomic E-state index is 11.4. The summed E-state index contributed by atoms with van der Waals surface area (Å²) in [7, 11) is 1.97. The summed E-state index contributed by atoms with van der Waals surface area (Å²) in [6.07, 6.45) is 5.38. The molecular formula is C11H18CaN2O2. The second-order valence-corrected chi connectivity index (χ2v) is 4.10. The van der Waals surface area contributed by atoms with Crippen molar-refractivity contribution in [1.29, 1.82) is 0 Å². The number of hydrogen-bond donors (Lipinski definition) is 0. The van der Waals surface area contributed by atoms with Crippen molar-refractivity contribution in [3.8, 4) is 0 Å². The zero-order chi connectivity index (χ0) is 10.8. The summed E-state index contributed by atoms with van der Waals surface area (Å²) in [5.74, 6) is 0.350. The number of aromatic nitrogens is 2. The number of carbonyl (C=O) groups excluding carboxylic acids is 1. The Morgan fingerprint density at radius 1 is 1.62 bits per heavy atom. The fourth-order valence-corrected chi connectivity index (χ4v) is 2.16. The molecule has 1 aromatic heterocycles. The van der Waals surface area contributed by atoms with Gasteiger partial charge in [0.1, 0.15) is 0 Å². The van der Waals surface area contributed by atoms with Crippen LogP contribution in [0, 0.1) is 11.8 Å². The van der Waals surface area contributed by atoms with Crippen LogP contribution >= 0.6 is 0 Å². The second kappa shape index (κ2) is 6.03. The molecule has 2 rings (SSSR count). The van der Waals surface area contributed by atoms with Crippen molar-refractivity contribution in [2.45, 2.75) is 19.8 Å². The van der Waals surface area contributed by atoms with Gasteiger partial charge in [0.15, 0.2) is 0 Å². The number of carbonyl (C=O) groups is 1. The Labute approximate surface area is 125 Å². The number of ether oxygens (including phenoxy) is 1. The number of nitrogens with zero attached hydrogens (tertiary/aromatic N) is 2. The molecule has 86 valence electrons. The molecule has 1 aromatic rings. The van der Waals surface area contributed by atoms with E-state index in [2.05, 4.69) is 4.98 Å². The Morgan fingerprint density at radius 3 is 2.94 bits per heavy atom. The van der Waals surface area contributed by atoms with Gasteiger partial charge in [-0.05, 0) is 12.8 Å². The topological polar surface area (TPSA) is 44.1 Å². The van der Waals surface area contributed by atoms with Crippen molar-refractivity contribution < 1.29 is 9.53 Å². The van der Waals surface area contributed by atoms with Crippen LogP contribution in [0.2, 0.25) is 0 Å². The predicted octanol–water partition coefficient (Wildman–Crippen LogP) is 0.246. The predicted molar refractivity (Wildman–Crippen MR) is 63.7 cm³/mol. The Morgan fingerprint density at radius 2 is 2.38 bits per heavy atom. The molecule has 0 saturated carbocycles. The molecule has 1 fully saturated rings. The van der Waals surface area contributed by atoms with Gasteiger partial charge in [-0.15, -0.1) is 0 Å². The normalized spacial score (nSPS) is 24.0. The molecule has 0 spiro atoms. The van der Waals surface area contributed by atoms with Crippen molar-refractivity contribution >= 4 is 43.7 Å². The van der Waals surface area contributed by atoms with Crippen LogP contribution in [-0.2, 0) is 23.0 Å².